The molecule has 0 aliphatic rings. The van der Waals surface area contributed by atoms with Gasteiger partial charge in [-0.05, 0) is 31.2 Å². The zero-order valence-electron chi connectivity index (χ0n) is 12.7. The van der Waals surface area contributed by atoms with Gasteiger partial charge in [0.2, 0.25) is 0 Å². The maximum atomic E-state index is 12.2. The maximum Gasteiger partial charge on any atom is 0.330 e. The molecule has 0 amide bonds. The highest BCUT2D eigenvalue weighted by Crippen LogP contribution is 2.18. The van der Waals surface area contributed by atoms with Crippen molar-refractivity contribution in [1.82, 2.24) is 13.7 Å². The topological polar surface area (TPSA) is 58.2 Å². The fourth-order valence-electron chi connectivity index (χ4n) is 2.50. The summed E-state index contributed by atoms with van der Waals surface area (Å²) in [4.78, 5) is 24.2. The lowest BCUT2D eigenvalue weighted by Gasteiger charge is -2.05. The van der Waals surface area contributed by atoms with E-state index < -0.39 is 0 Å². The number of benzene rings is 1. The monoisotopic (exact) mass is 299 g/mol. The van der Waals surface area contributed by atoms with E-state index >= 15 is 0 Å². The van der Waals surface area contributed by atoms with E-state index in [2.05, 4.69) is 0 Å². The molecule has 2 heterocycles. The first-order valence-electron chi connectivity index (χ1n) is 7.04. The third kappa shape index (κ3) is 2.13. The largest absolute Gasteiger partial charge is 0.494 e. The van der Waals surface area contributed by atoms with E-state index in [0.717, 1.165) is 16.0 Å². The molecule has 3 aromatic rings. The lowest BCUT2D eigenvalue weighted by molar-refractivity contribution is 0.340. The molecule has 22 heavy (non-hydrogen) atoms. The first kappa shape index (κ1) is 14.2. The van der Waals surface area contributed by atoms with Crippen molar-refractivity contribution in [2.24, 2.45) is 14.1 Å². The SMILES string of the molecule is CCOc1ccc(-n2cc3c(=O)n(C)c(=O)n(C)c3c2)cc1. The first-order valence-corrected chi connectivity index (χ1v) is 7.04. The number of fused-ring (bicyclic) bond motifs is 1. The standard InChI is InChI=1S/C16H17N3O3/c1-4-22-12-7-5-11(6-8-12)19-9-13-14(10-19)17(2)16(21)18(3)15(13)20/h5-10H,4H2,1-3H3. The highest BCUT2D eigenvalue weighted by Gasteiger charge is 2.11. The lowest BCUT2D eigenvalue weighted by Crippen LogP contribution is -2.36. The number of ether oxygens (including phenoxy) is 1. The molecule has 3 rings (SSSR count). The molecule has 0 saturated heterocycles. The third-order valence-electron chi connectivity index (χ3n) is 3.72. The number of hydrogen-bond donors (Lipinski definition) is 0. The Hall–Kier alpha value is -2.76. The summed E-state index contributed by atoms with van der Waals surface area (Å²) >= 11 is 0. The normalized spacial score (nSPS) is 11.0. The highest BCUT2D eigenvalue weighted by molar-refractivity contribution is 5.78. The van der Waals surface area contributed by atoms with E-state index in [1.54, 1.807) is 19.4 Å². The zero-order valence-corrected chi connectivity index (χ0v) is 12.7. The van der Waals surface area contributed by atoms with E-state index in [9.17, 15) is 9.59 Å². The molecule has 0 N–H and O–H groups in total. The second kappa shape index (κ2) is 5.22. The van der Waals surface area contributed by atoms with Gasteiger partial charge in [-0.3, -0.25) is 13.9 Å². The van der Waals surface area contributed by atoms with Crippen LogP contribution in [0.4, 0.5) is 0 Å². The minimum absolute atomic E-state index is 0.289. The quantitative estimate of drug-likeness (QED) is 0.735. The molecule has 0 radical (unpaired) electrons. The molecule has 6 nitrogen and oxygen atoms in total. The Morgan fingerprint density at radius 2 is 1.68 bits per heavy atom. The van der Waals surface area contributed by atoms with Gasteiger partial charge < -0.3 is 9.30 Å². The molecule has 0 bridgehead atoms. The van der Waals surface area contributed by atoms with Crippen molar-refractivity contribution in [2.45, 2.75) is 6.92 Å². The first-order chi connectivity index (χ1) is 10.5. The van der Waals surface area contributed by atoms with Crippen molar-refractivity contribution in [3.8, 4) is 11.4 Å². The summed E-state index contributed by atoms with van der Waals surface area (Å²) in [5, 5.41) is 0.512. The summed E-state index contributed by atoms with van der Waals surface area (Å²) in [6.07, 6.45) is 3.53. The van der Waals surface area contributed by atoms with Gasteiger partial charge in [0, 0.05) is 32.2 Å². The number of aryl methyl sites for hydroxylation is 1. The van der Waals surface area contributed by atoms with Gasteiger partial charge in [-0.1, -0.05) is 0 Å². The Bertz CT molecular complexity index is 946. The number of hydrogen-bond acceptors (Lipinski definition) is 3. The fraction of sp³-hybridized carbons (Fsp3) is 0.250. The van der Waals surface area contributed by atoms with Crippen LogP contribution >= 0.6 is 0 Å². The van der Waals surface area contributed by atoms with Crippen LogP contribution in [-0.4, -0.2) is 20.3 Å². The second-order valence-corrected chi connectivity index (χ2v) is 5.10. The molecule has 0 atom stereocenters. The van der Waals surface area contributed by atoms with E-state index in [4.69, 9.17) is 4.74 Å². The number of nitrogens with zero attached hydrogens (tertiary/aromatic N) is 3. The molecule has 0 saturated carbocycles. The van der Waals surface area contributed by atoms with Crippen LogP contribution in [-0.2, 0) is 14.1 Å². The predicted molar refractivity (Wildman–Crippen MR) is 84.9 cm³/mol. The van der Waals surface area contributed by atoms with Gasteiger partial charge in [-0.2, -0.15) is 0 Å². The minimum atomic E-state index is -0.332. The number of rotatable bonds is 3. The van der Waals surface area contributed by atoms with Crippen LogP contribution in [0.5, 0.6) is 5.75 Å². The minimum Gasteiger partial charge on any atom is -0.494 e. The summed E-state index contributed by atoms with van der Waals surface area (Å²) in [7, 11) is 3.14. The van der Waals surface area contributed by atoms with E-state index in [1.807, 2.05) is 35.8 Å². The molecule has 2 aromatic heterocycles. The van der Waals surface area contributed by atoms with Gasteiger partial charge in [0.05, 0.1) is 17.5 Å². The molecule has 0 spiro atoms. The Labute approximate surface area is 126 Å². The van der Waals surface area contributed by atoms with Crippen LogP contribution in [0.25, 0.3) is 16.6 Å². The molecule has 6 heteroatoms. The van der Waals surface area contributed by atoms with Crippen LogP contribution in [0.2, 0.25) is 0 Å². The average Bonchev–Trinajstić information content (AvgIpc) is 2.97. The van der Waals surface area contributed by atoms with Gasteiger partial charge in [-0.15, -0.1) is 0 Å². The maximum absolute atomic E-state index is 12.2. The molecule has 0 aliphatic carbocycles. The predicted octanol–water partition coefficient (Wildman–Crippen LogP) is 1.43. The van der Waals surface area contributed by atoms with Gasteiger partial charge >= 0.3 is 5.69 Å². The van der Waals surface area contributed by atoms with E-state index in [0.29, 0.717) is 17.5 Å². The molecule has 0 unspecified atom stereocenters. The average molecular weight is 299 g/mol. The smallest absolute Gasteiger partial charge is 0.330 e. The van der Waals surface area contributed by atoms with Crippen molar-refractivity contribution in [2.75, 3.05) is 6.61 Å². The van der Waals surface area contributed by atoms with Gasteiger partial charge in [0.15, 0.2) is 0 Å². The van der Waals surface area contributed by atoms with Crippen LogP contribution < -0.4 is 16.0 Å². The van der Waals surface area contributed by atoms with Gasteiger partial charge in [-0.25, -0.2) is 4.79 Å². The Morgan fingerprint density at radius 3 is 2.32 bits per heavy atom. The van der Waals surface area contributed by atoms with Crippen LogP contribution in [0.3, 0.4) is 0 Å². The Balaban J connectivity index is 2.17. The van der Waals surface area contributed by atoms with Crippen molar-refractivity contribution in [3.63, 3.8) is 0 Å². The van der Waals surface area contributed by atoms with Crippen molar-refractivity contribution in [1.29, 1.82) is 0 Å². The molecule has 0 fully saturated rings. The summed E-state index contributed by atoms with van der Waals surface area (Å²) in [6.45, 7) is 2.55. The van der Waals surface area contributed by atoms with Gasteiger partial charge in [0.1, 0.15) is 5.75 Å². The summed E-state index contributed by atoms with van der Waals surface area (Å²) in [5.41, 5.74) is 0.890. The van der Waals surface area contributed by atoms with Crippen LogP contribution in [0.1, 0.15) is 6.92 Å². The van der Waals surface area contributed by atoms with Crippen molar-refractivity contribution >= 4 is 10.9 Å². The van der Waals surface area contributed by atoms with Crippen molar-refractivity contribution < 1.29 is 4.74 Å². The van der Waals surface area contributed by atoms with Crippen LogP contribution in [0.15, 0.2) is 46.2 Å². The fourth-order valence-corrected chi connectivity index (χ4v) is 2.50. The molecule has 1 aromatic carbocycles. The second-order valence-electron chi connectivity index (χ2n) is 5.10. The summed E-state index contributed by atoms with van der Waals surface area (Å²) in [6, 6.07) is 7.57. The lowest BCUT2D eigenvalue weighted by atomic mass is 10.3. The number of aromatic nitrogens is 3. The van der Waals surface area contributed by atoms with E-state index in [1.165, 1.54) is 11.6 Å². The zero-order chi connectivity index (χ0) is 15.9. The molecular weight excluding hydrogens is 282 g/mol. The summed E-state index contributed by atoms with van der Waals surface area (Å²) in [5.74, 6) is 0.797. The Kier molecular flexibility index (Phi) is 3.36. The van der Waals surface area contributed by atoms with Gasteiger partial charge in [0.25, 0.3) is 5.56 Å². The van der Waals surface area contributed by atoms with E-state index in [-0.39, 0.29) is 11.2 Å². The van der Waals surface area contributed by atoms with Crippen LogP contribution in [0, 0.1) is 0 Å². The summed E-state index contributed by atoms with van der Waals surface area (Å²) < 4.78 is 9.84. The molecular formula is C16H17N3O3. The molecule has 0 aliphatic heterocycles. The highest BCUT2D eigenvalue weighted by atomic mass is 16.5. The van der Waals surface area contributed by atoms with Crippen molar-refractivity contribution in [3.05, 3.63) is 57.5 Å². The third-order valence-corrected chi connectivity index (χ3v) is 3.72. The molecule has 114 valence electrons. The Morgan fingerprint density at radius 1 is 1.00 bits per heavy atom.